The SMILES string of the molecule is CCN(C(=O)Cn1nc(-c2ccc(OC)c(OC)c2)c2nc[nH]c2c1=O)c1ccc2c(c1)OC(F)(F)O2. The number of likely N-dealkylation sites (N-methyl/N-ethyl adjacent to an activating group) is 1. The van der Waals surface area contributed by atoms with E-state index in [2.05, 4.69) is 24.5 Å². The molecular weight excluding hydrogens is 492 g/mol. The van der Waals surface area contributed by atoms with Crippen molar-refractivity contribution in [1.29, 1.82) is 0 Å². The zero-order valence-electron chi connectivity index (χ0n) is 19.9. The van der Waals surface area contributed by atoms with Crippen LogP contribution in [-0.2, 0) is 11.3 Å². The molecule has 0 unspecified atom stereocenters. The van der Waals surface area contributed by atoms with Crippen molar-refractivity contribution in [1.82, 2.24) is 19.7 Å². The van der Waals surface area contributed by atoms with Crippen LogP contribution in [0, 0.1) is 0 Å². The van der Waals surface area contributed by atoms with Crippen molar-refractivity contribution in [2.75, 3.05) is 25.7 Å². The number of imidazole rings is 1. The van der Waals surface area contributed by atoms with Crippen molar-refractivity contribution in [2.45, 2.75) is 19.8 Å². The minimum Gasteiger partial charge on any atom is -0.493 e. The molecule has 0 fully saturated rings. The van der Waals surface area contributed by atoms with Crippen molar-refractivity contribution in [3.05, 3.63) is 53.1 Å². The molecule has 11 nitrogen and oxygen atoms in total. The Balaban J connectivity index is 1.51. The molecule has 1 aliphatic rings. The van der Waals surface area contributed by atoms with Gasteiger partial charge in [-0.1, -0.05) is 0 Å². The first-order valence-corrected chi connectivity index (χ1v) is 11.1. The number of H-pyrrole nitrogens is 1. The fraction of sp³-hybridized carbons (Fsp3) is 0.250. The summed E-state index contributed by atoms with van der Waals surface area (Å²) in [5.74, 6) is 0.121. The lowest BCUT2D eigenvalue weighted by Crippen LogP contribution is -2.37. The maximum absolute atomic E-state index is 13.4. The van der Waals surface area contributed by atoms with Gasteiger partial charge in [0.25, 0.3) is 5.56 Å². The fourth-order valence-corrected chi connectivity index (χ4v) is 4.09. The van der Waals surface area contributed by atoms with Gasteiger partial charge >= 0.3 is 6.29 Å². The zero-order valence-corrected chi connectivity index (χ0v) is 19.9. The predicted octanol–water partition coefficient (Wildman–Crippen LogP) is 3.18. The summed E-state index contributed by atoms with van der Waals surface area (Å²) < 4.78 is 47.4. The third kappa shape index (κ3) is 4.28. The predicted molar refractivity (Wildman–Crippen MR) is 127 cm³/mol. The van der Waals surface area contributed by atoms with E-state index in [1.165, 1.54) is 43.6 Å². The maximum Gasteiger partial charge on any atom is 0.586 e. The molecule has 3 heterocycles. The van der Waals surface area contributed by atoms with E-state index in [1.54, 1.807) is 25.1 Å². The summed E-state index contributed by atoms with van der Waals surface area (Å²) in [6.07, 6.45) is -2.41. The van der Waals surface area contributed by atoms with Crippen LogP contribution < -0.4 is 29.4 Å². The smallest absolute Gasteiger partial charge is 0.493 e. The van der Waals surface area contributed by atoms with E-state index in [9.17, 15) is 18.4 Å². The Morgan fingerprint density at radius 2 is 1.86 bits per heavy atom. The molecular formula is C24H21F2N5O6. The van der Waals surface area contributed by atoms with Crippen molar-refractivity contribution in [3.8, 4) is 34.3 Å². The quantitative estimate of drug-likeness (QED) is 0.400. The van der Waals surface area contributed by atoms with Crippen LogP contribution in [0.1, 0.15) is 6.92 Å². The number of fused-ring (bicyclic) bond motifs is 2. The van der Waals surface area contributed by atoms with Crippen LogP contribution in [0.3, 0.4) is 0 Å². The fourth-order valence-electron chi connectivity index (χ4n) is 4.09. The van der Waals surface area contributed by atoms with Gasteiger partial charge in [-0.3, -0.25) is 9.59 Å². The van der Waals surface area contributed by atoms with Gasteiger partial charge in [0.2, 0.25) is 5.91 Å². The van der Waals surface area contributed by atoms with Gasteiger partial charge in [-0.05, 0) is 37.3 Å². The summed E-state index contributed by atoms with van der Waals surface area (Å²) in [5.41, 5.74) is 1.17. The Bertz CT molecular complexity index is 1570. The number of rotatable bonds is 7. The van der Waals surface area contributed by atoms with Crippen molar-refractivity contribution < 1.29 is 32.5 Å². The highest BCUT2D eigenvalue weighted by Gasteiger charge is 2.43. The highest BCUT2D eigenvalue weighted by molar-refractivity contribution is 5.94. The Morgan fingerprint density at radius 1 is 1.11 bits per heavy atom. The molecule has 0 bridgehead atoms. The Kier molecular flexibility index (Phi) is 5.90. The van der Waals surface area contributed by atoms with Crippen molar-refractivity contribution in [3.63, 3.8) is 0 Å². The molecule has 13 heteroatoms. The van der Waals surface area contributed by atoms with Crippen LogP contribution in [0.15, 0.2) is 47.5 Å². The summed E-state index contributed by atoms with van der Waals surface area (Å²) in [4.78, 5) is 34.7. The van der Waals surface area contributed by atoms with Gasteiger partial charge in [-0.2, -0.15) is 5.10 Å². The lowest BCUT2D eigenvalue weighted by Gasteiger charge is -2.21. The first-order chi connectivity index (χ1) is 17.7. The lowest BCUT2D eigenvalue weighted by atomic mass is 10.1. The number of nitrogens with zero attached hydrogens (tertiary/aromatic N) is 4. The molecule has 5 rings (SSSR count). The highest BCUT2D eigenvalue weighted by Crippen LogP contribution is 2.43. The van der Waals surface area contributed by atoms with Crippen LogP contribution in [0.5, 0.6) is 23.0 Å². The number of hydrogen-bond donors (Lipinski definition) is 1. The number of benzene rings is 2. The van der Waals surface area contributed by atoms with E-state index in [4.69, 9.17) is 9.47 Å². The average Bonchev–Trinajstić information content (AvgIpc) is 3.49. The maximum atomic E-state index is 13.4. The molecule has 1 amide bonds. The Morgan fingerprint density at radius 3 is 2.59 bits per heavy atom. The van der Waals surface area contributed by atoms with Crippen LogP contribution in [-0.4, -0.2) is 52.7 Å². The zero-order chi connectivity index (χ0) is 26.3. The van der Waals surface area contributed by atoms with E-state index < -0.39 is 24.3 Å². The van der Waals surface area contributed by atoms with Gasteiger partial charge in [-0.25, -0.2) is 9.67 Å². The Labute approximate surface area is 208 Å². The van der Waals surface area contributed by atoms with Gasteiger partial charge in [0.05, 0.1) is 20.5 Å². The number of aromatic amines is 1. The third-order valence-corrected chi connectivity index (χ3v) is 5.79. The average molecular weight is 513 g/mol. The summed E-state index contributed by atoms with van der Waals surface area (Å²) in [5, 5.41) is 4.43. The van der Waals surface area contributed by atoms with E-state index in [0.717, 1.165) is 4.68 Å². The lowest BCUT2D eigenvalue weighted by molar-refractivity contribution is -0.286. The van der Waals surface area contributed by atoms with Crippen LogP contribution in [0.25, 0.3) is 22.3 Å². The molecule has 0 aliphatic carbocycles. The van der Waals surface area contributed by atoms with Gasteiger partial charge in [-0.15, -0.1) is 8.78 Å². The molecule has 1 N–H and O–H groups in total. The molecule has 1 aliphatic heterocycles. The monoisotopic (exact) mass is 513 g/mol. The number of halogens is 2. The minimum atomic E-state index is -3.78. The summed E-state index contributed by atoms with van der Waals surface area (Å²) in [6, 6.07) is 9.13. The number of hydrogen-bond acceptors (Lipinski definition) is 8. The van der Waals surface area contributed by atoms with Gasteiger partial charge in [0.15, 0.2) is 23.0 Å². The molecule has 0 radical (unpaired) electrons. The largest absolute Gasteiger partial charge is 0.586 e. The first-order valence-electron chi connectivity index (χ1n) is 11.1. The van der Waals surface area contributed by atoms with Gasteiger partial charge in [0, 0.05) is 23.9 Å². The van der Waals surface area contributed by atoms with Crippen LogP contribution in [0.2, 0.25) is 0 Å². The molecule has 37 heavy (non-hydrogen) atoms. The number of carbonyl (C=O) groups excluding carboxylic acids is 1. The summed E-state index contributed by atoms with van der Waals surface area (Å²) in [6.45, 7) is 1.48. The Hall–Kier alpha value is -4.68. The van der Waals surface area contributed by atoms with E-state index >= 15 is 0 Å². The topological polar surface area (TPSA) is 121 Å². The van der Waals surface area contributed by atoms with Gasteiger partial charge in [0.1, 0.15) is 23.3 Å². The number of amides is 1. The van der Waals surface area contributed by atoms with E-state index in [0.29, 0.717) is 34.0 Å². The number of methoxy groups -OCH3 is 2. The third-order valence-electron chi connectivity index (χ3n) is 5.79. The molecule has 0 spiro atoms. The number of alkyl halides is 2. The van der Waals surface area contributed by atoms with Crippen LogP contribution in [0.4, 0.5) is 14.5 Å². The summed E-state index contributed by atoms with van der Waals surface area (Å²) in [7, 11) is 3.01. The number of anilines is 1. The second-order valence-electron chi connectivity index (χ2n) is 7.94. The summed E-state index contributed by atoms with van der Waals surface area (Å²) >= 11 is 0. The van der Waals surface area contributed by atoms with Crippen molar-refractivity contribution in [2.24, 2.45) is 0 Å². The number of aromatic nitrogens is 4. The highest BCUT2D eigenvalue weighted by atomic mass is 19.3. The molecule has 2 aromatic carbocycles. The minimum absolute atomic E-state index is 0.139. The van der Waals surface area contributed by atoms with Crippen molar-refractivity contribution >= 4 is 22.6 Å². The first kappa shape index (κ1) is 24.0. The molecule has 192 valence electrons. The normalized spacial score (nSPS) is 13.5. The molecule has 0 atom stereocenters. The number of nitrogens with one attached hydrogen (secondary N) is 1. The molecule has 2 aromatic heterocycles. The standard InChI is InChI=1S/C24H21F2N5O6/c1-4-30(14-6-8-16-18(10-14)37-24(25,26)36-16)19(32)11-31-23(33)22-21(27-12-28-22)20(29-31)13-5-7-15(34-2)17(9-13)35-3/h5-10,12H,4,11H2,1-3H3,(H,27,28). The second-order valence-corrected chi connectivity index (χ2v) is 7.94. The second kappa shape index (κ2) is 9.08. The molecule has 4 aromatic rings. The number of ether oxygens (including phenoxy) is 4. The molecule has 0 saturated carbocycles. The van der Waals surface area contributed by atoms with E-state index in [-0.39, 0.29) is 23.6 Å². The van der Waals surface area contributed by atoms with E-state index in [1.807, 2.05) is 0 Å². The number of carbonyl (C=O) groups is 1. The molecule has 0 saturated heterocycles. The van der Waals surface area contributed by atoms with Crippen LogP contribution >= 0.6 is 0 Å². The van der Waals surface area contributed by atoms with Gasteiger partial charge < -0.3 is 28.8 Å².